The SMILES string of the molecule is N=C(N)c1ccc(N2CCCC(CCO)C2)cc1Br. The summed E-state index contributed by atoms with van der Waals surface area (Å²) in [6.45, 7) is 2.31. The van der Waals surface area contributed by atoms with Crippen molar-refractivity contribution in [2.24, 2.45) is 11.7 Å². The van der Waals surface area contributed by atoms with Gasteiger partial charge in [0.15, 0.2) is 0 Å². The number of benzene rings is 1. The monoisotopic (exact) mass is 325 g/mol. The zero-order chi connectivity index (χ0) is 13.8. The lowest BCUT2D eigenvalue weighted by atomic mass is 9.94. The number of nitrogens with one attached hydrogen (secondary N) is 1. The Morgan fingerprint density at radius 3 is 2.95 bits per heavy atom. The minimum atomic E-state index is 0.0789. The maximum absolute atomic E-state index is 9.05. The van der Waals surface area contributed by atoms with Gasteiger partial charge in [0.25, 0.3) is 0 Å². The van der Waals surface area contributed by atoms with Crippen molar-refractivity contribution in [2.45, 2.75) is 19.3 Å². The predicted octanol–water partition coefficient (Wildman–Crippen LogP) is 2.33. The highest BCUT2D eigenvalue weighted by Gasteiger charge is 2.20. The molecule has 0 spiro atoms. The van der Waals surface area contributed by atoms with Crippen molar-refractivity contribution in [2.75, 3.05) is 24.6 Å². The van der Waals surface area contributed by atoms with E-state index in [2.05, 4.69) is 20.8 Å². The van der Waals surface area contributed by atoms with Crippen molar-refractivity contribution in [1.82, 2.24) is 0 Å². The molecule has 0 aliphatic carbocycles. The average molecular weight is 326 g/mol. The van der Waals surface area contributed by atoms with E-state index in [1.54, 1.807) is 0 Å². The topological polar surface area (TPSA) is 73.3 Å². The first-order valence-corrected chi connectivity index (χ1v) is 7.41. The molecule has 1 saturated heterocycles. The van der Waals surface area contributed by atoms with Gasteiger partial charge in [0.2, 0.25) is 0 Å². The van der Waals surface area contributed by atoms with E-state index in [-0.39, 0.29) is 12.4 Å². The number of hydrogen-bond donors (Lipinski definition) is 3. The van der Waals surface area contributed by atoms with Crippen LogP contribution in [-0.2, 0) is 0 Å². The van der Waals surface area contributed by atoms with E-state index in [1.807, 2.05) is 18.2 Å². The Morgan fingerprint density at radius 2 is 2.32 bits per heavy atom. The van der Waals surface area contributed by atoms with E-state index in [4.69, 9.17) is 16.2 Å². The number of rotatable bonds is 4. The Hall–Kier alpha value is -1.07. The van der Waals surface area contributed by atoms with Gasteiger partial charge in [-0.05, 0) is 59.3 Å². The minimum Gasteiger partial charge on any atom is -0.396 e. The molecule has 19 heavy (non-hydrogen) atoms. The summed E-state index contributed by atoms with van der Waals surface area (Å²) in [7, 11) is 0. The lowest BCUT2D eigenvalue weighted by Crippen LogP contribution is -2.35. The van der Waals surface area contributed by atoms with Crippen molar-refractivity contribution in [1.29, 1.82) is 5.41 Å². The number of nitrogen functional groups attached to an aromatic ring is 1. The molecule has 0 saturated carbocycles. The van der Waals surface area contributed by atoms with Gasteiger partial charge in [0, 0.05) is 35.4 Å². The molecule has 0 aromatic heterocycles. The number of hydrogen-bond acceptors (Lipinski definition) is 3. The molecule has 104 valence electrons. The van der Waals surface area contributed by atoms with Gasteiger partial charge in [-0.15, -0.1) is 0 Å². The third-order valence-corrected chi connectivity index (χ3v) is 4.32. The van der Waals surface area contributed by atoms with Crippen LogP contribution >= 0.6 is 15.9 Å². The number of nitrogens with zero attached hydrogens (tertiary/aromatic N) is 1. The zero-order valence-electron chi connectivity index (χ0n) is 10.9. The quantitative estimate of drug-likeness (QED) is 0.587. The molecule has 2 rings (SSSR count). The molecule has 1 aromatic rings. The zero-order valence-corrected chi connectivity index (χ0v) is 12.5. The average Bonchev–Trinajstić information content (AvgIpc) is 2.39. The van der Waals surface area contributed by atoms with Crippen LogP contribution in [0.5, 0.6) is 0 Å². The van der Waals surface area contributed by atoms with Crippen LogP contribution in [-0.4, -0.2) is 30.6 Å². The van der Waals surface area contributed by atoms with Crippen molar-refractivity contribution >= 4 is 27.5 Å². The highest BCUT2D eigenvalue weighted by atomic mass is 79.9. The summed E-state index contributed by atoms with van der Waals surface area (Å²) in [5.41, 5.74) is 7.40. The van der Waals surface area contributed by atoms with Gasteiger partial charge in [0.1, 0.15) is 5.84 Å². The maximum atomic E-state index is 9.05. The second-order valence-electron chi connectivity index (χ2n) is 5.04. The molecule has 1 aliphatic heterocycles. The number of piperidine rings is 1. The summed E-state index contributed by atoms with van der Waals surface area (Å²) in [6.07, 6.45) is 3.24. The molecule has 1 unspecified atom stereocenters. The molecule has 4 N–H and O–H groups in total. The molecule has 4 nitrogen and oxygen atoms in total. The number of aliphatic hydroxyl groups excluding tert-OH is 1. The standard InChI is InChI=1S/C14H20BrN3O/c15-13-8-11(3-4-12(13)14(16)17)18-6-1-2-10(9-18)5-7-19/h3-4,8,10,19H,1-2,5-7,9H2,(H3,16,17). The first-order chi connectivity index (χ1) is 9.11. The van der Waals surface area contributed by atoms with Gasteiger partial charge >= 0.3 is 0 Å². The molecular formula is C14H20BrN3O. The fourth-order valence-corrected chi connectivity index (χ4v) is 3.22. The lowest BCUT2D eigenvalue weighted by molar-refractivity contribution is 0.244. The number of nitrogens with two attached hydrogens (primary N) is 1. The summed E-state index contributed by atoms with van der Waals surface area (Å²) in [4.78, 5) is 2.35. The van der Waals surface area contributed by atoms with Crippen LogP contribution in [0.25, 0.3) is 0 Å². The smallest absolute Gasteiger partial charge is 0.123 e. The number of halogens is 1. The second-order valence-corrected chi connectivity index (χ2v) is 5.90. The summed E-state index contributed by atoms with van der Waals surface area (Å²) >= 11 is 3.47. The van der Waals surface area contributed by atoms with Crippen LogP contribution in [0.3, 0.4) is 0 Å². The Bertz CT molecular complexity index is 462. The van der Waals surface area contributed by atoms with E-state index in [0.29, 0.717) is 5.92 Å². The van der Waals surface area contributed by atoms with Crippen LogP contribution < -0.4 is 10.6 Å². The highest BCUT2D eigenvalue weighted by molar-refractivity contribution is 9.10. The third-order valence-electron chi connectivity index (χ3n) is 3.66. The number of anilines is 1. The summed E-state index contributed by atoms with van der Waals surface area (Å²) in [5, 5.41) is 16.5. The van der Waals surface area contributed by atoms with Gasteiger partial charge in [-0.1, -0.05) is 0 Å². The molecule has 0 bridgehead atoms. The fraction of sp³-hybridized carbons (Fsp3) is 0.500. The Kier molecular flexibility index (Phi) is 4.82. The lowest BCUT2D eigenvalue weighted by Gasteiger charge is -2.34. The first-order valence-electron chi connectivity index (χ1n) is 6.61. The molecule has 1 aliphatic rings. The predicted molar refractivity (Wildman–Crippen MR) is 81.8 cm³/mol. The largest absolute Gasteiger partial charge is 0.396 e. The summed E-state index contributed by atoms with van der Waals surface area (Å²) in [6, 6.07) is 5.93. The number of amidine groups is 1. The van der Waals surface area contributed by atoms with Crippen molar-refractivity contribution in [3.05, 3.63) is 28.2 Å². The second kappa shape index (κ2) is 6.39. The Balaban J connectivity index is 2.13. The van der Waals surface area contributed by atoms with Gasteiger partial charge in [-0.25, -0.2) is 0 Å². The summed E-state index contributed by atoms with van der Waals surface area (Å²) < 4.78 is 0.863. The maximum Gasteiger partial charge on any atom is 0.123 e. The van der Waals surface area contributed by atoms with Gasteiger partial charge in [0.05, 0.1) is 0 Å². The van der Waals surface area contributed by atoms with Gasteiger partial charge in [-0.2, -0.15) is 0 Å². The van der Waals surface area contributed by atoms with E-state index in [1.165, 1.54) is 6.42 Å². The number of aliphatic hydroxyl groups is 1. The molecule has 1 fully saturated rings. The van der Waals surface area contributed by atoms with Crippen LogP contribution in [0.2, 0.25) is 0 Å². The van der Waals surface area contributed by atoms with Gasteiger partial charge < -0.3 is 15.7 Å². The van der Waals surface area contributed by atoms with Crippen LogP contribution in [0.1, 0.15) is 24.8 Å². The first kappa shape index (κ1) is 14.3. The third kappa shape index (κ3) is 3.48. The van der Waals surface area contributed by atoms with E-state index in [9.17, 15) is 0 Å². The molecule has 1 heterocycles. The Labute approximate surface area is 122 Å². The normalized spacial score (nSPS) is 19.5. The molecule has 1 atom stereocenters. The summed E-state index contributed by atoms with van der Waals surface area (Å²) in [5.74, 6) is 0.653. The van der Waals surface area contributed by atoms with E-state index < -0.39 is 0 Å². The molecule has 1 aromatic carbocycles. The fourth-order valence-electron chi connectivity index (χ4n) is 2.64. The van der Waals surface area contributed by atoms with Crippen LogP contribution in [0, 0.1) is 11.3 Å². The molecular weight excluding hydrogens is 306 g/mol. The molecule has 0 amide bonds. The highest BCUT2D eigenvalue weighted by Crippen LogP contribution is 2.28. The Morgan fingerprint density at radius 1 is 1.53 bits per heavy atom. The van der Waals surface area contributed by atoms with Crippen LogP contribution in [0.4, 0.5) is 5.69 Å². The minimum absolute atomic E-state index is 0.0789. The van der Waals surface area contributed by atoms with Gasteiger partial charge in [-0.3, -0.25) is 5.41 Å². The van der Waals surface area contributed by atoms with E-state index in [0.717, 1.165) is 41.7 Å². The molecule has 0 radical (unpaired) electrons. The van der Waals surface area contributed by atoms with Crippen molar-refractivity contribution in [3.63, 3.8) is 0 Å². The van der Waals surface area contributed by atoms with E-state index >= 15 is 0 Å². The molecule has 5 heteroatoms. The van der Waals surface area contributed by atoms with Crippen molar-refractivity contribution in [3.8, 4) is 0 Å². The van der Waals surface area contributed by atoms with Crippen LogP contribution in [0.15, 0.2) is 22.7 Å². The van der Waals surface area contributed by atoms with Crippen molar-refractivity contribution < 1.29 is 5.11 Å².